The van der Waals surface area contributed by atoms with Crippen LogP contribution in [-0.2, 0) is 19.5 Å². The van der Waals surface area contributed by atoms with Gasteiger partial charge in [0.15, 0.2) is 17.5 Å². The quantitative estimate of drug-likeness (QED) is 0.813. The highest BCUT2D eigenvalue weighted by Crippen LogP contribution is 2.38. The monoisotopic (exact) mass is 319 g/mol. The third kappa shape index (κ3) is 2.83. The van der Waals surface area contributed by atoms with Crippen molar-refractivity contribution < 1.29 is 13.2 Å². The lowest BCUT2D eigenvalue weighted by Gasteiger charge is -2.28. The molecule has 0 unspecified atom stereocenters. The van der Waals surface area contributed by atoms with E-state index in [0.717, 1.165) is 29.6 Å². The Balaban J connectivity index is 1.51. The van der Waals surface area contributed by atoms with E-state index in [1.807, 2.05) is 11.1 Å². The third-order valence-electron chi connectivity index (χ3n) is 4.48. The molecule has 1 aromatic heterocycles. The summed E-state index contributed by atoms with van der Waals surface area (Å²) in [5, 5.41) is 0. The summed E-state index contributed by atoms with van der Waals surface area (Å²) in [5.74, 6) is -2.21. The van der Waals surface area contributed by atoms with Crippen molar-refractivity contribution in [3.63, 3.8) is 0 Å². The van der Waals surface area contributed by atoms with Crippen LogP contribution in [0.3, 0.4) is 0 Å². The Kier molecular flexibility index (Phi) is 3.56. The first-order valence-corrected chi connectivity index (χ1v) is 7.81. The van der Waals surface area contributed by atoms with E-state index in [0.29, 0.717) is 19.0 Å². The summed E-state index contributed by atoms with van der Waals surface area (Å²) in [6.45, 7) is 1.55. The zero-order chi connectivity index (χ0) is 16.0. The maximum Gasteiger partial charge on any atom is 0.194 e. The van der Waals surface area contributed by atoms with Gasteiger partial charge in [-0.25, -0.2) is 23.1 Å². The Morgan fingerprint density at radius 1 is 1.13 bits per heavy atom. The smallest absolute Gasteiger partial charge is 0.194 e. The lowest BCUT2D eigenvalue weighted by atomic mass is 10.1. The van der Waals surface area contributed by atoms with Crippen molar-refractivity contribution in [2.24, 2.45) is 0 Å². The molecule has 1 aromatic carbocycles. The van der Waals surface area contributed by atoms with Gasteiger partial charge in [0.25, 0.3) is 0 Å². The molecule has 0 N–H and O–H groups in total. The van der Waals surface area contributed by atoms with E-state index in [2.05, 4.69) is 9.97 Å². The first-order valence-electron chi connectivity index (χ1n) is 7.81. The molecule has 1 aliphatic heterocycles. The highest BCUT2D eigenvalue weighted by Gasteiger charge is 2.28. The van der Waals surface area contributed by atoms with Crippen molar-refractivity contribution >= 4 is 0 Å². The molecule has 2 heterocycles. The number of hydrogen-bond donors (Lipinski definition) is 0. The lowest BCUT2D eigenvalue weighted by molar-refractivity contribution is 0.237. The van der Waals surface area contributed by atoms with Crippen molar-refractivity contribution in [3.05, 3.63) is 58.4 Å². The highest BCUT2D eigenvalue weighted by molar-refractivity contribution is 5.24. The number of aromatic nitrogens is 2. The Morgan fingerprint density at radius 3 is 2.74 bits per heavy atom. The summed E-state index contributed by atoms with van der Waals surface area (Å²) >= 11 is 0. The van der Waals surface area contributed by atoms with Crippen LogP contribution in [0.5, 0.6) is 0 Å². The van der Waals surface area contributed by atoms with Crippen molar-refractivity contribution in [3.8, 4) is 0 Å². The van der Waals surface area contributed by atoms with E-state index in [1.165, 1.54) is 18.9 Å². The van der Waals surface area contributed by atoms with Crippen molar-refractivity contribution in [1.82, 2.24) is 14.9 Å². The van der Waals surface area contributed by atoms with Crippen LogP contribution in [0.2, 0.25) is 0 Å². The van der Waals surface area contributed by atoms with E-state index in [1.54, 1.807) is 0 Å². The van der Waals surface area contributed by atoms with Crippen LogP contribution >= 0.6 is 0 Å². The van der Waals surface area contributed by atoms with Crippen LogP contribution in [0.25, 0.3) is 0 Å². The Bertz CT molecular complexity index is 759. The summed E-state index contributed by atoms with van der Waals surface area (Å²) < 4.78 is 40.1. The van der Waals surface area contributed by atoms with Gasteiger partial charge in [0, 0.05) is 55.0 Å². The predicted molar refractivity (Wildman–Crippen MR) is 78.1 cm³/mol. The van der Waals surface area contributed by atoms with Crippen molar-refractivity contribution in [2.75, 3.05) is 6.54 Å². The maximum atomic E-state index is 13.8. The minimum absolute atomic E-state index is 0.169. The van der Waals surface area contributed by atoms with Crippen LogP contribution in [0.4, 0.5) is 13.2 Å². The largest absolute Gasteiger partial charge is 0.294 e. The minimum atomic E-state index is -1.41. The molecule has 6 heteroatoms. The Morgan fingerprint density at radius 2 is 1.96 bits per heavy atom. The van der Waals surface area contributed by atoms with Gasteiger partial charge in [-0.05, 0) is 18.9 Å². The first-order chi connectivity index (χ1) is 11.1. The van der Waals surface area contributed by atoms with Crippen LogP contribution in [0.15, 0.2) is 18.3 Å². The molecule has 0 saturated heterocycles. The van der Waals surface area contributed by atoms with Gasteiger partial charge in [-0.1, -0.05) is 6.07 Å². The molecule has 1 saturated carbocycles. The molecule has 0 spiro atoms. The zero-order valence-corrected chi connectivity index (χ0v) is 12.5. The number of fused-ring (bicyclic) bond motifs is 1. The number of benzene rings is 1. The number of hydrogen-bond acceptors (Lipinski definition) is 3. The van der Waals surface area contributed by atoms with Crippen molar-refractivity contribution in [2.45, 2.75) is 38.3 Å². The molecule has 0 atom stereocenters. The van der Waals surface area contributed by atoms with Gasteiger partial charge < -0.3 is 0 Å². The van der Waals surface area contributed by atoms with Crippen LogP contribution in [0, 0.1) is 17.5 Å². The average Bonchev–Trinajstić information content (AvgIpc) is 3.40. The van der Waals surface area contributed by atoms with E-state index < -0.39 is 17.5 Å². The van der Waals surface area contributed by atoms with Gasteiger partial charge in [-0.2, -0.15) is 0 Å². The topological polar surface area (TPSA) is 29.0 Å². The van der Waals surface area contributed by atoms with E-state index in [9.17, 15) is 13.2 Å². The van der Waals surface area contributed by atoms with Gasteiger partial charge in [-0.15, -0.1) is 0 Å². The second-order valence-electron chi connectivity index (χ2n) is 6.27. The minimum Gasteiger partial charge on any atom is -0.294 e. The number of rotatable bonds is 3. The van der Waals surface area contributed by atoms with Gasteiger partial charge in [-0.3, -0.25) is 4.90 Å². The van der Waals surface area contributed by atoms with Gasteiger partial charge >= 0.3 is 0 Å². The number of nitrogens with zero attached hydrogens (tertiary/aromatic N) is 3. The second-order valence-corrected chi connectivity index (χ2v) is 6.27. The van der Waals surface area contributed by atoms with Crippen LogP contribution in [-0.4, -0.2) is 21.4 Å². The van der Waals surface area contributed by atoms with Crippen molar-refractivity contribution in [1.29, 1.82) is 0 Å². The third-order valence-corrected chi connectivity index (χ3v) is 4.48. The maximum absolute atomic E-state index is 13.8. The van der Waals surface area contributed by atoms with E-state index >= 15 is 0 Å². The van der Waals surface area contributed by atoms with E-state index in [-0.39, 0.29) is 12.1 Å². The fraction of sp³-hybridized carbons (Fsp3) is 0.412. The molecule has 2 aromatic rings. The molecule has 2 aliphatic rings. The normalized spacial score (nSPS) is 18.0. The predicted octanol–water partition coefficient (Wildman–Crippen LogP) is 3.33. The van der Waals surface area contributed by atoms with Gasteiger partial charge in [0.05, 0.1) is 0 Å². The standard InChI is InChI=1S/C17H16F3N3/c18-13-4-3-11(15(19)16(13)20)8-23-6-5-14-12(9-23)7-21-17(22-14)10-1-2-10/h3-4,7,10H,1-2,5-6,8-9H2. The van der Waals surface area contributed by atoms with Gasteiger partial charge in [0.2, 0.25) is 0 Å². The molecule has 0 amide bonds. The molecular formula is C17H16F3N3. The Labute approximate surface area is 132 Å². The highest BCUT2D eigenvalue weighted by atomic mass is 19.2. The van der Waals surface area contributed by atoms with Crippen LogP contribution in [0.1, 0.15) is 41.4 Å². The fourth-order valence-electron chi connectivity index (χ4n) is 2.99. The summed E-state index contributed by atoms with van der Waals surface area (Å²) in [7, 11) is 0. The molecular weight excluding hydrogens is 303 g/mol. The summed E-state index contributed by atoms with van der Waals surface area (Å²) in [6, 6.07) is 2.27. The molecule has 3 nitrogen and oxygen atoms in total. The summed E-state index contributed by atoms with van der Waals surface area (Å²) in [5.41, 5.74) is 2.26. The zero-order valence-electron chi connectivity index (χ0n) is 12.5. The van der Waals surface area contributed by atoms with Crippen LogP contribution < -0.4 is 0 Å². The molecule has 4 rings (SSSR count). The molecule has 120 valence electrons. The average molecular weight is 319 g/mol. The second kappa shape index (κ2) is 5.60. The van der Waals surface area contributed by atoms with E-state index in [4.69, 9.17) is 0 Å². The summed E-state index contributed by atoms with van der Waals surface area (Å²) in [4.78, 5) is 11.1. The molecule has 23 heavy (non-hydrogen) atoms. The Hall–Kier alpha value is -1.95. The number of halogens is 3. The molecule has 0 radical (unpaired) electrons. The lowest BCUT2D eigenvalue weighted by Crippen LogP contribution is -2.31. The molecule has 1 aliphatic carbocycles. The molecule has 0 bridgehead atoms. The first kappa shape index (κ1) is 14.6. The van der Waals surface area contributed by atoms with Gasteiger partial charge in [0.1, 0.15) is 5.82 Å². The fourth-order valence-corrected chi connectivity index (χ4v) is 2.99. The summed E-state index contributed by atoms with van der Waals surface area (Å²) in [6.07, 6.45) is 4.95. The molecule has 1 fully saturated rings. The SMILES string of the molecule is Fc1ccc(CN2CCc3nc(C4CC4)ncc3C2)c(F)c1F.